The number of aromatic hydroxyl groups is 1. The molecule has 3 aliphatic rings. The molecule has 1 aromatic rings. The second-order valence-corrected chi connectivity index (χ2v) is 8.67. The van der Waals surface area contributed by atoms with Crippen LogP contribution in [-0.2, 0) is 11.2 Å². The van der Waals surface area contributed by atoms with Crippen LogP contribution >= 0.6 is 0 Å². The van der Waals surface area contributed by atoms with Gasteiger partial charge in [-0.05, 0) is 61.8 Å². The van der Waals surface area contributed by atoms with E-state index >= 15 is 0 Å². The van der Waals surface area contributed by atoms with E-state index in [2.05, 4.69) is 11.8 Å². The Balaban J connectivity index is 1.48. The summed E-state index contributed by atoms with van der Waals surface area (Å²) in [4.78, 5) is 17.8. The third-order valence-electron chi connectivity index (χ3n) is 6.93. The van der Waals surface area contributed by atoms with Gasteiger partial charge in [0.05, 0.1) is 6.42 Å². The second kappa shape index (κ2) is 7.78. The van der Waals surface area contributed by atoms with Crippen molar-refractivity contribution >= 4 is 5.91 Å². The fourth-order valence-corrected chi connectivity index (χ4v) is 5.75. The fourth-order valence-electron chi connectivity index (χ4n) is 5.75. The number of halogens is 1. The van der Waals surface area contributed by atoms with E-state index in [0.29, 0.717) is 29.5 Å². The van der Waals surface area contributed by atoms with E-state index in [9.17, 15) is 14.3 Å². The van der Waals surface area contributed by atoms with E-state index in [1.54, 1.807) is 6.07 Å². The first-order valence-corrected chi connectivity index (χ1v) is 10.6. The highest BCUT2D eigenvalue weighted by molar-refractivity contribution is 5.79. The predicted octanol–water partition coefficient (Wildman–Crippen LogP) is 3.58. The van der Waals surface area contributed by atoms with Crippen molar-refractivity contribution in [2.24, 2.45) is 11.8 Å². The van der Waals surface area contributed by atoms with Gasteiger partial charge in [0.15, 0.2) is 11.6 Å². The molecule has 0 aromatic heterocycles. The molecule has 1 aromatic carbocycles. The van der Waals surface area contributed by atoms with Gasteiger partial charge in [0, 0.05) is 25.2 Å². The molecule has 27 heavy (non-hydrogen) atoms. The van der Waals surface area contributed by atoms with Gasteiger partial charge in [-0.1, -0.05) is 25.8 Å². The minimum Gasteiger partial charge on any atom is -0.505 e. The van der Waals surface area contributed by atoms with Crippen LogP contribution in [0.15, 0.2) is 18.2 Å². The summed E-state index contributed by atoms with van der Waals surface area (Å²) in [5.74, 6) is 0.223. The maximum atomic E-state index is 13.6. The molecule has 1 amide bonds. The van der Waals surface area contributed by atoms with E-state index < -0.39 is 5.82 Å². The zero-order chi connectivity index (χ0) is 19.0. The Bertz CT molecular complexity index is 695. The van der Waals surface area contributed by atoms with Crippen LogP contribution in [0.4, 0.5) is 4.39 Å². The summed E-state index contributed by atoms with van der Waals surface area (Å²) < 4.78 is 13.6. The maximum Gasteiger partial charge on any atom is 0.227 e. The third kappa shape index (κ3) is 3.71. The summed E-state index contributed by atoms with van der Waals surface area (Å²) in [6.45, 7) is 5.17. The molecule has 2 bridgehead atoms. The highest BCUT2D eigenvalue weighted by atomic mass is 19.1. The molecule has 4 rings (SSSR count). The number of rotatable bonds is 4. The van der Waals surface area contributed by atoms with Crippen LogP contribution in [0.1, 0.15) is 51.0 Å². The Morgan fingerprint density at radius 2 is 2.07 bits per heavy atom. The van der Waals surface area contributed by atoms with Crippen LogP contribution in [0.2, 0.25) is 0 Å². The first kappa shape index (κ1) is 18.7. The predicted molar refractivity (Wildman–Crippen MR) is 103 cm³/mol. The fraction of sp³-hybridized carbons (Fsp3) is 0.682. The van der Waals surface area contributed by atoms with Crippen molar-refractivity contribution in [1.29, 1.82) is 0 Å². The molecule has 1 N–H and O–H groups in total. The van der Waals surface area contributed by atoms with Gasteiger partial charge < -0.3 is 10.0 Å². The largest absolute Gasteiger partial charge is 0.505 e. The summed E-state index contributed by atoms with van der Waals surface area (Å²) in [5, 5.41) is 9.35. The lowest BCUT2D eigenvalue weighted by molar-refractivity contribution is -0.140. The molecule has 0 aliphatic carbocycles. The van der Waals surface area contributed by atoms with E-state index in [1.165, 1.54) is 57.2 Å². The Labute approximate surface area is 161 Å². The number of hydrogen-bond acceptors (Lipinski definition) is 3. The average Bonchev–Trinajstić information content (AvgIpc) is 2.68. The van der Waals surface area contributed by atoms with Crippen LogP contribution in [-0.4, -0.2) is 52.5 Å². The minimum absolute atomic E-state index is 0.0919. The van der Waals surface area contributed by atoms with Gasteiger partial charge in [-0.25, -0.2) is 4.39 Å². The lowest BCUT2D eigenvalue weighted by Crippen LogP contribution is -2.64. The van der Waals surface area contributed by atoms with Crippen LogP contribution in [0, 0.1) is 17.7 Å². The quantitative estimate of drug-likeness (QED) is 0.876. The van der Waals surface area contributed by atoms with Crippen LogP contribution in [0.3, 0.4) is 0 Å². The number of benzene rings is 1. The van der Waals surface area contributed by atoms with E-state index in [4.69, 9.17) is 0 Å². The van der Waals surface area contributed by atoms with E-state index in [0.717, 1.165) is 13.1 Å². The van der Waals surface area contributed by atoms with Crippen LogP contribution < -0.4 is 0 Å². The number of carbonyl (C=O) groups is 1. The Kier molecular flexibility index (Phi) is 5.40. The summed E-state index contributed by atoms with van der Waals surface area (Å²) in [6.07, 6.45) is 7.76. The number of phenolic OH excluding ortho intramolecular Hbond substituents is 1. The number of likely N-dealkylation sites (tertiary alicyclic amines) is 1. The molecule has 3 saturated heterocycles. The Morgan fingerprint density at radius 3 is 2.85 bits per heavy atom. The summed E-state index contributed by atoms with van der Waals surface area (Å²) in [7, 11) is 0. The monoisotopic (exact) mass is 374 g/mol. The van der Waals surface area contributed by atoms with Gasteiger partial charge in [0.2, 0.25) is 5.91 Å². The molecule has 3 heterocycles. The third-order valence-corrected chi connectivity index (χ3v) is 6.93. The number of piperidine rings is 3. The van der Waals surface area contributed by atoms with Gasteiger partial charge in [-0.15, -0.1) is 0 Å². The highest BCUT2D eigenvalue weighted by Gasteiger charge is 2.47. The Hall–Kier alpha value is -1.62. The SMILES string of the molecule is CCC[C@H]1[C@H]2C[C@H](CN(C(=O)Cc3ccc(O)c(F)c3)C2)[C@@H]2CCCCN21. The van der Waals surface area contributed by atoms with Gasteiger partial charge in [-0.2, -0.15) is 0 Å². The average molecular weight is 375 g/mol. The van der Waals surface area contributed by atoms with Crippen molar-refractivity contribution in [2.75, 3.05) is 19.6 Å². The molecule has 5 heteroatoms. The molecule has 4 nitrogen and oxygen atoms in total. The molecule has 148 valence electrons. The Morgan fingerprint density at radius 1 is 1.26 bits per heavy atom. The van der Waals surface area contributed by atoms with Crippen LogP contribution in [0.25, 0.3) is 0 Å². The number of amides is 1. The van der Waals surface area contributed by atoms with Crippen molar-refractivity contribution in [2.45, 2.75) is 64.0 Å². The first-order valence-electron chi connectivity index (χ1n) is 10.6. The van der Waals surface area contributed by atoms with Gasteiger partial charge in [0.25, 0.3) is 0 Å². The first-order chi connectivity index (χ1) is 13.1. The molecule has 3 fully saturated rings. The zero-order valence-electron chi connectivity index (χ0n) is 16.2. The lowest BCUT2D eigenvalue weighted by Gasteiger charge is -2.57. The maximum absolute atomic E-state index is 13.6. The normalized spacial score (nSPS) is 30.8. The number of nitrogens with zero attached hydrogens (tertiary/aromatic N) is 2. The molecule has 0 radical (unpaired) electrons. The van der Waals surface area contributed by atoms with Crippen molar-refractivity contribution in [3.05, 3.63) is 29.6 Å². The zero-order valence-corrected chi connectivity index (χ0v) is 16.2. The molecule has 4 atom stereocenters. The van der Waals surface area contributed by atoms with E-state index in [-0.39, 0.29) is 18.1 Å². The molecule has 0 spiro atoms. The van der Waals surface area contributed by atoms with Crippen LogP contribution in [0.5, 0.6) is 5.75 Å². The van der Waals surface area contributed by atoms with Gasteiger partial charge in [0.1, 0.15) is 0 Å². The standard InChI is InChI=1S/C22H31FN2O2/c1-2-5-19-16-12-17(20-6-3-4-9-25(19)20)14-24(13-16)22(27)11-15-7-8-21(26)18(23)10-15/h7-8,10,16-17,19-20,26H,2-6,9,11-14H2,1H3/t16-,17+,19-,20-/m0/s1. The summed E-state index contributed by atoms with van der Waals surface area (Å²) in [6, 6.07) is 5.50. The summed E-state index contributed by atoms with van der Waals surface area (Å²) >= 11 is 0. The second-order valence-electron chi connectivity index (χ2n) is 8.67. The number of phenols is 1. The van der Waals surface area contributed by atoms with Crippen molar-refractivity contribution in [3.8, 4) is 5.75 Å². The number of carbonyl (C=O) groups excluding carboxylic acids is 1. The molecule has 0 unspecified atom stereocenters. The lowest BCUT2D eigenvalue weighted by atomic mass is 9.71. The number of fused-ring (bicyclic) bond motifs is 4. The topological polar surface area (TPSA) is 43.8 Å². The van der Waals surface area contributed by atoms with Crippen molar-refractivity contribution in [1.82, 2.24) is 9.80 Å². The van der Waals surface area contributed by atoms with Crippen molar-refractivity contribution < 1.29 is 14.3 Å². The van der Waals surface area contributed by atoms with Crippen molar-refractivity contribution in [3.63, 3.8) is 0 Å². The highest BCUT2D eigenvalue weighted by Crippen LogP contribution is 2.42. The number of hydrogen-bond donors (Lipinski definition) is 1. The molecule has 3 aliphatic heterocycles. The summed E-state index contributed by atoms with van der Waals surface area (Å²) in [5.41, 5.74) is 0.635. The van der Waals surface area contributed by atoms with Gasteiger partial charge >= 0.3 is 0 Å². The van der Waals surface area contributed by atoms with E-state index in [1.807, 2.05) is 4.90 Å². The molecule has 0 saturated carbocycles. The van der Waals surface area contributed by atoms with Gasteiger partial charge in [-0.3, -0.25) is 9.69 Å². The smallest absolute Gasteiger partial charge is 0.227 e. The molecular weight excluding hydrogens is 343 g/mol. The molecular formula is C22H31FN2O2. The minimum atomic E-state index is -0.656.